The number of rotatable bonds is 9. The second-order valence-corrected chi connectivity index (χ2v) is 14.7. The number of aromatic hydroxyl groups is 4. The van der Waals surface area contributed by atoms with Gasteiger partial charge in [-0.15, -0.1) is 0 Å². The Balaban J connectivity index is 2.19. The third-order valence-electron chi connectivity index (χ3n) is 9.52. The van der Waals surface area contributed by atoms with E-state index in [4.69, 9.17) is 0 Å². The number of nitrogens with zero attached hydrogens (tertiary/aromatic N) is 1. The van der Waals surface area contributed by atoms with Gasteiger partial charge in [0.05, 0.1) is 0 Å². The standard InChI is InChI=1S/C38H46N2O10/c1-15(2)23-19-11-17(5)25(31(43)27(19)21(29(41)33(23)45)13-39-37(7,8)35(47)48)26-18(6)12-20-24(16(3)4)34(46)30(42)22(28(20)32(26)44)14-40-38(9,10)36(49)50/h11-16,23,33,39,42-46H,1-10H3,(H,47,48)(H,49,50)/b21-13-,40-14?. The molecule has 0 bridgehead atoms. The molecule has 50 heavy (non-hydrogen) atoms. The maximum Gasteiger partial charge on any atom is 0.330 e. The summed E-state index contributed by atoms with van der Waals surface area (Å²) in [5, 5.41) is 80.3. The van der Waals surface area contributed by atoms with Crippen LogP contribution in [0, 0.1) is 19.8 Å². The molecule has 4 rings (SSSR count). The molecule has 3 aromatic rings. The van der Waals surface area contributed by atoms with Gasteiger partial charge in [-0.05, 0) is 75.5 Å². The number of hydrogen-bond donors (Lipinski definition) is 8. The quantitative estimate of drug-likeness (QED) is 0.0759. The number of carboxylic acid groups (broad SMARTS) is 2. The molecule has 2 atom stereocenters. The topological polar surface area (TPSA) is 217 Å². The van der Waals surface area contributed by atoms with E-state index in [0.717, 1.165) is 6.21 Å². The number of phenols is 4. The summed E-state index contributed by atoms with van der Waals surface area (Å²) in [5.74, 6) is -6.39. The molecule has 0 spiro atoms. The van der Waals surface area contributed by atoms with Crippen LogP contribution < -0.4 is 5.32 Å². The molecule has 0 amide bonds. The van der Waals surface area contributed by atoms with Crippen molar-refractivity contribution in [3.05, 3.63) is 51.7 Å². The first-order valence-corrected chi connectivity index (χ1v) is 16.3. The van der Waals surface area contributed by atoms with Crippen molar-refractivity contribution in [3.63, 3.8) is 0 Å². The van der Waals surface area contributed by atoms with Gasteiger partial charge in [0, 0.05) is 57.1 Å². The van der Waals surface area contributed by atoms with Crippen LogP contribution in [0.2, 0.25) is 0 Å². The lowest BCUT2D eigenvalue weighted by atomic mass is 9.70. The third kappa shape index (κ3) is 6.12. The largest absolute Gasteiger partial charge is 0.507 e. The lowest BCUT2D eigenvalue weighted by molar-refractivity contribution is -0.143. The molecular weight excluding hydrogens is 644 g/mol. The van der Waals surface area contributed by atoms with Gasteiger partial charge in [0.25, 0.3) is 0 Å². The molecule has 2 unspecified atom stereocenters. The first-order valence-electron chi connectivity index (χ1n) is 16.3. The summed E-state index contributed by atoms with van der Waals surface area (Å²) in [4.78, 5) is 41.6. The second-order valence-electron chi connectivity index (χ2n) is 14.7. The first kappa shape index (κ1) is 37.7. The van der Waals surface area contributed by atoms with Crippen molar-refractivity contribution in [1.82, 2.24) is 5.32 Å². The van der Waals surface area contributed by atoms with Crippen LogP contribution in [-0.2, 0) is 14.4 Å². The van der Waals surface area contributed by atoms with Crippen LogP contribution in [0.4, 0.5) is 0 Å². The fourth-order valence-electron chi connectivity index (χ4n) is 6.58. The van der Waals surface area contributed by atoms with Gasteiger partial charge in [0.15, 0.2) is 22.8 Å². The van der Waals surface area contributed by atoms with E-state index in [-0.39, 0.29) is 45.0 Å². The molecule has 0 heterocycles. The van der Waals surface area contributed by atoms with Crippen molar-refractivity contribution in [1.29, 1.82) is 0 Å². The van der Waals surface area contributed by atoms with Crippen LogP contribution in [0.5, 0.6) is 23.0 Å². The first-order chi connectivity index (χ1) is 23.0. The zero-order valence-electron chi connectivity index (χ0n) is 29.9. The number of aliphatic imine (C=N–C) groups is 1. The zero-order chi connectivity index (χ0) is 37.9. The van der Waals surface area contributed by atoms with Crippen LogP contribution in [0.3, 0.4) is 0 Å². The SMILES string of the molecule is Cc1cc2c(c(O)c1-c1c(C)cc3c(C(C)C)c(O)c(O)c(C=NC(C)(C)C(=O)O)c3c1O)/C(=C/NC(C)(C)C(=O)O)C(=O)C(O)C2C(C)C. The highest BCUT2D eigenvalue weighted by atomic mass is 16.4. The summed E-state index contributed by atoms with van der Waals surface area (Å²) < 4.78 is 0. The molecular formula is C38H46N2O10. The fraction of sp³-hybridized carbons (Fsp3) is 0.421. The third-order valence-corrected chi connectivity index (χ3v) is 9.52. The van der Waals surface area contributed by atoms with Crippen molar-refractivity contribution < 1.29 is 50.1 Å². The molecule has 0 saturated heterocycles. The highest BCUT2D eigenvalue weighted by Crippen LogP contribution is 2.54. The molecule has 0 aromatic heterocycles. The van der Waals surface area contributed by atoms with E-state index >= 15 is 0 Å². The highest BCUT2D eigenvalue weighted by molar-refractivity contribution is 6.26. The number of aryl methyl sites for hydroxylation is 2. The van der Waals surface area contributed by atoms with E-state index < -0.39 is 63.8 Å². The summed E-state index contributed by atoms with van der Waals surface area (Å²) in [6.07, 6.45) is 0.777. The van der Waals surface area contributed by atoms with Crippen LogP contribution >= 0.6 is 0 Å². The molecule has 0 radical (unpaired) electrons. The van der Waals surface area contributed by atoms with Crippen molar-refractivity contribution in [2.75, 3.05) is 0 Å². The zero-order valence-corrected chi connectivity index (χ0v) is 29.9. The molecule has 3 aromatic carbocycles. The Labute approximate surface area is 290 Å². The summed E-state index contributed by atoms with van der Waals surface area (Å²) >= 11 is 0. The van der Waals surface area contributed by atoms with E-state index in [1.807, 2.05) is 13.8 Å². The molecule has 0 aliphatic heterocycles. The van der Waals surface area contributed by atoms with Crippen LogP contribution in [0.1, 0.15) is 101 Å². The van der Waals surface area contributed by atoms with Gasteiger partial charge in [-0.2, -0.15) is 0 Å². The van der Waals surface area contributed by atoms with E-state index in [2.05, 4.69) is 10.3 Å². The lowest BCUT2D eigenvalue weighted by Crippen LogP contribution is -2.44. The summed E-state index contributed by atoms with van der Waals surface area (Å²) in [7, 11) is 0. The van der Waals surface area contributed by atoms with Crippen LogP contribution in [-0.4, -0.2) is 76.9 Å². The molecule has 12 nitrogen and oxygen atoms in total. The molecule has 8 N–H and O–H groups in total. The minimum Gasteiger partial charge on any atom is -0.507 e. The average Bonchev–Trinajstić information content (AvgIpc) is 2.99. The monoisotopic (exact) mass is 690 g/mol. The number of carbonyl (C=O) groups excluding carboxylic acids is 1. The number of ketones is 1. The Morgan fingerprint density at radius 3 is 1.92 bits per heavy atom. The maximum atomic E-state index is 13.7. The van der Waals surface area contributed by atoms with E-state index in [1.165, 1.54) is 33.9 Å². The Bertz CT molecular complexity index is 2000. The number of Topliss-reactive ketones (excluding diaryl/α,β-unsaturated/α-hetero) is 1. The molecule has 1 aliphatic rings. The van der Waals surface area contributed by atoms with E-state index in [9.17, 15) is 50.1 Å². The number of benzene rings is 3. The van der Waals surface area contributed by atoms with Gasteiger partial charge >= 0.3 is 11.9 Å². The van der Waals surface area contributed by atoms with Crippen LogP contribution in [0.25, 0.3) is 27.5 Å². The van der Waals surface area contributed by atoms with Gasteiger partial charge < -0.3 is 41.1 Å². The normalized spacial score (nSPS) is 17.7. The Hall–Kier alpha value is -5.10. The number of fused-ring (bicyclic) bond motifs is 2. The number of phenolic OH excluding ortho intramolecular Hbond substituents is 4. The van der Waals surface area contributed by atoms with Crippen molar-refractivity contribution >= 4 is 40.3 Å². The van der Waals surface area contributed by atoms with Gasteiger partial charge in [0.2, 0.25) is 0 Å². The molecule has 12 heteroatoms. The predicted octanol–water partition coefficient (Wildman–Crippen LogP) is 5.83. The van der Waals surface area contributed by atoms with Crippen molar-refractivity contribution in [2.45, 2.75) is 98.3 Å². The maximum absolute atomic E-state index is 13.7. The predicted molar refractivity (Wildman–Crippen MR) is 190 cm³/mol. The smallest absolute Gasteiger partial charge is 0.330 e. The number of carbonyl (C=O) groups is 3. The Kier molecular flexibility index (Phi) is 9.79. The summed E-state index contributed by atoms with van der Waals surface area (Å²) in [5.41, 5.74) is -1.43. The minimum atomic E-state index is -1.63. The summed E-state index contributed by atoms with van der Waals surface area (Å²) in [6.45, 7) is 16.1. The highest BCUT2D eigenvalue weighted by Gasteiger charge is 2.42. The fourth-order valence-corrected chi connectivity index (χ4v) is 6.58. The van der Waals surface area contributed by atoms with E-state index in [1.54, 1.807) is 39.8 Å². The van der Waals surface area contributed by atoms with Gasteiger partial charge in [-0.1, -0.05) is 39.8 Å². The van der Waals surface area contributed by atoms with Crippen molar-refractivity contribution in [3.8, 4) is 34.1 Å². The number of aliphatic carboxylic acids is 2. The molecule has 1 aliphatic carbocycles. The Morgan fingerprint density at radius 1 is 0.840 bits per heavy atom. The average molecular weight is 691 g/mol. The second kappa shape index (κ2) is 13.0. The number of carboxylic acids is 2. The molecule has 0 saturated carbocycles. The van der Waals surface area contributed by atoms with Gasteiger partial charge in [-0.3, -0.25) is 9.79 Å². The number of aliphatic hydroxyl groups excluding tert-OH is 1. The number of aliphatic hydroxyl groups is 1. The van der Waals surface area contributed by atoms with Crippen molar-refractivity contribution in [2.24, 2.45) is 10.9 Å². The van der Waals surface area contributed by atoms with E-state index in [0.29, 0.717) is 27.6 Å². The number of nitrogens with one attached hydrogen (secondary N) is 1. The molecule has 268 valence electrons. The summed E-state index contributed by atoms with van der Waals surface area (Å²) in [6, 6.07) is 3.39. The number of hydrogen-bond acceptors (Lipinski definition) is 10. The Morgan fingerprint density at radius 2 is 1.40 bits per heavy atom. The minimum absolute atomic E-state index is 0.0401. The van der Waals surface area contributed by atoms with Crippen LogP contribution in [0.15, 0.2) is 23.3 Å². The van der Waals surface area contributed by atoms with Gasteiger partial charge in [0.1, 0.15) is 23.1 Å². The lowest BCUT2D eigenvalue weighted by Gasteiger charge is -2.35. The molecule has 0 fully saturated rings. The van der Waals surface area contributed by atoms with Gasteiger partial charge in [-0.25, -0.2) is 9.59 Å².